The Morgan fingerprint density at radius 3 is 2.73 bits per heavy atom. The molecular weight excluding hydrogens is 214 g/mol. The summed E-state index contributed by atoms with van der Waals surface area (Å²) in [7, 11) is 0. The van der Waals surface area contributed by atoms with E-state index >= 15 is 0 Å². The fourth-order valence-electron chi connectivity index (χ4n) is 0.759. The van der Waals surface area contributed by atoms with Gasteiger partial charge in [-0.25, -0.2) is 4.79 Å². The van der Waals surface area contributed by atoms with E-state index in [4.69, 9.17) is 4.74 Å². The van der Waals surface area contributed by atoms with E-state index in [1.807, 2.05) is 0 Å². The van der Waals surface area contributed by atoms with Gasteiger partial charge in [0.2, 0.25) is 5.13 Å². The summed E-state index contributed by atoms with van der Waals surface area (Å²) >= 11 is 1.08. The molecular formula is C9H13N3O2S. The highest BCUT2D eigenvalue weighted by Gasteiger charge is 2.17. The number of rotatable bonds is 2. The third-order valence-corrected chi connectivity index (χ3v) is 1.88. The van der Waals surface area contributed by atoms with Crippen molar-refractivity contribution in [1.82, 2.24) is 9.36 Å². The highest BCUT2D eigenvalue weighted by Crippen LogP contribution is 2.14. The van der Waals surface area contributed by atoms with Crippen LogP contribution >= 0.6 is 11.5 Å². The van der Waals surface area contributed by atoms with Gasteiger partial charge in [0.1, 0.15) is 5.60 Å². The summed E-state index contributed by atoms with van der Waals surface area (Å²) in [5, 5.41) is 2.89. The lowest BCUT2D eigenvalue weighted by Gasteiger charge is -2.18. The lowest BCUT2D eigenvalue weighted by molar-refractivity contribution is 0.0636. The number of amides is 1. The molecule has 1 aromatic rings. The van der Waals surface area contributed by atoms with Crippen molar-refractivity contribution in [3.05, 3.63) is 12.4 Å². The van der Waals surface area contributed by atoms with Crippen LogP contribution in [0.15, 0.2) is 6.58 Å². The van der Waals surface area contributed by atoms with Crippen molar-refractivity contribution < 1.29 is 9.53 Å². The molecule has 82 valence electrons. The van der Waals surface area contributed by atoms with Gasteiger partial charge in [-0.2, -0.15) is 9.36 Å². The van der Waals surface area contributed by atoms with Gasteiger partial charge in [0.25, 0.3) is 0 Å². The highest BCUT2D eigenvalue weighted by molar-refractivity contribution is 7.09. The van der Waals surface area contributed by atoms with Crippen LogP contribution in [-0.2, 0) is 4.74 Å². The Kier molecular flexibility index (Phi) is 3.41. The molecule has 1 aromatic heterocycles. The molecule has 0 saturated heterocycles. The summed E-state index contributed by atoms with van der Waals surface area (Å²) in [5.41, 5.74) is -0.518. The molecule has 0 unspecified atom stereocenters. The lowest BCUT2D eigenvalue weighted by Crippen LogP contribution is -2.27. The van der Waals surface area contributed by atoms with Gasteiger partial charge >= 0.3 is 6.09 Å². The van der Waals surface area contributed by atoms with Crippen LogP contribution in [0.5, 0.6) is 0 Å². The minimum atomic E-state index is -0.533. The van der Waals surface area contributed by atoms with E-state index in [0.717, 1.165) is 11.5 Å². The van der Waals surface area contributed by atoms with Gasteiger partial charge < -0.3 is 4.74 Å². The molecule has 0 fully saturated rings. The van der Waals surface area contributed by atoms with Crippen molar-refractivity contribution in [2.45, 2.75) is 26.4 Å². The quantitative estimate of drug-likeness (QED) is 0.843. The normalized spacial score (nSPS) is 10.9. The first-order valence-electron chi connectivity index (χ1n) is 4.37. The van der Waals surface area contributed by atoms with Crippen LogP contribution in [0.1, 0.15) is 26.6 Å². The Balaban J connectivity index is 2.55. The Bertz CT molecular complexity index is 368. The number of anilines is 1. The van der Waals surface area contributed by atoms with Gasteiger partial charge in [0.15, 0.2) is 5.82 Å². The maximum Gasteiger partial charge on any atom is 0.414 e. The van der Waals surface area contributed by atoms with Crippen molar-refractivity contribution in [2.75, 3.05) is 5.32 Å². The molecule has 1 amide bonds. The van der Waals surface area contributed by atoms with E-state index in [2.05, 4.69) is 21.3 Å². The van der Waals surface area contributed by atoms with E-state index < -0.39 is 11.7 Å². The minimum absolute atomic E-state index is 0.402. The van der Waals surface area contributed by atoms with Crippen LogP contribution in [0.25, 0.3) is 6.08 Å². The van der Waals surface area contributed by atoms with Crippen LogP contribution in [0.3, 0.4) is 0 Å². The Morgan fingerprint density at radius 1 is 1.60 bits per heavy atom. The summed E-state index contributed by atoms with van der Waals surface area (Å²) in [5.74, 6) is 0.492. The van der Waals surface area contributed by atoms with Gasteiger partial charge in [-0.05, 0) is 26.8 Å². The summed E-state index contributed by atoms with van der Waals surface area (Å²) in [4.78, 5) is 15.3. The second-order valence-corrected chi connectivity index (χ2v) is 4.54. The number of nitrogens with zero attached hydrogens (tertiary/aromatic N) is 2. The van der Waals surface area contributed by atoms with Gasteiger partial charge in [-0.3, -0.25) is 5.32 Å². The molecule has 0 saturated carbocycles. The van der Waals surface area contributed by atoms with E-state index in [9.17, 15) is 4.79 Å². The summed E-state index contributed by atoms with van der Waals surface area (Å²) in [6.45, 7) is 8.90. The number of carbonyl (C=O) groups excluding carboxylic acids is 1. The van der Waals surface area contributed by atoms with Crippen LogP contribution < -0.4 is 5.32 Å². The lowest BCUT2D eigenvalue weighted by atomic mass is 10.2. The number of hydrogen-bond acceptors (Lipinski definition) is 5. The molecule has 0 radical (unpaired) electrons. The number of ether oxygens (including phenoxy) is 1. The second-order valence-electron chi connectivity index (χ2n) is 3.79. The average Bonchev–Trinajstić information content (AvgIpc) is 2.48. The van der Waals surface area contributed by atoms with E-state index in [-0.39, 0.29) is 0 Å². The predicted octanol–water partition coefficient (Wildman–Crippen LogP) is 2.53. The van der Waals surface area contributed by atoms with Crippen LogP contribution in [0.4, 0.5) is 9.93 Å². The van der Waals surface area contributed by atoms with Crippen LogP contribution in [-0.4, -0.2) is 21.1 Å². The largest absolute Gasteiger partial charge is 0.444 e. The molecule has 0 bridgehead atoms. The van der Waals surface area contributed by atoms with Crippen molar-refractivity contribution in [3.63, 3.8) is 0 Å². The SMILES string of the molecule is C=Cc1nsc(NC(=O)OC(C)(C)C)n1. The van der Waals surface area contributed by atoms with Crippen LogP contribution in [0, 0.1) is 0 Å². The van der Waals surface area contributed by atoms with Crippen molar-refractivity contribution in [2.24, 2.45) is 0 Å². The molecule has 1 N–H and O–H groups in total. The van der Waals surface area contributed by atoms with Gasteiger partial charge in [0, 0.05) is 11.5 Å². The molecule has 0 aliphatic rings. The van der Waals surface area contributed by atoms with Crippen molar-refractivity contribution >= 4 is 28.8 Å². The third-order valence-electron chi connectivity index (χ3n) is 1.23. The molecule has 1 rings (SSSR count). The smallest absolute Gasteiger partial charge is 0.414 e. The molecule has 0 aliphatic heterocycles. The zero-order chi connectivity index (χ0) is 11.5. The summed E-state index contributed by atoms with van der Waals surface area (Å²) < 4.78 is 8.97. The zero-order valence-electron chi connectivity index (χ0n) is 8.90. The predicted molar refractivity (Wildman–Crippen MR) is 59.9 cm³/mol. The molecule has 5 nitrogen and oxygen atoms in total. The molecule has 1 heterocycles. The summed E-state index contributed by atoms with van der Waals surface area (Å²) in [6.07, 6.45) is 0.978. The Labute approximate surface area is 92.3 Å². The third kappa shape index (κ3) is 4.07. The highest BCUT2D eigenvalue weighted by atomic mass is 32.1. The second kappa shape index (κ2) is 4.39. The standard InChI is InChI=1S/C9H13N3O2S/c1-5-6-10-7(15-12-6)11-8(13)14-9(2,3)4/h5H,1H2,2-4H3,(H,10,11,12,13). The first kappa shape index (κ1) is 11.6. The first-order chi connectivity index (χ1) is 6.90. The van der Waals surface area contributed by atoms with E-state index in [1.165, 1.54) is 6.08 Å². The Morgan fingerprint density at radius 2 is 2.27 bits per heavy atom. The van der Waals surface area contributed by atoms with E-state index in [0.29, 0.717) is 11.0 Å². The number of carbonyl (C=O) groups is 1. The monoisotopic (exact) mass is 227 g/mol. The molecule has 0 aliphatic carbocycles. The minimum Gasteiger partial charge on any atom is -0.444 e. The number of aromatic nitrogens is 2. The fraction of sp³-hybridized carbons (Fsp3) is 0.444. The maximum absolute atomic E-state index is 11.3. The molecule has 15 heavy (non-hydrogen) atoms. The van der Waals surface area contributed by atoms with E-state index in [1.54, 1.807) is 20.8 Å². The van der Waals surface area contributed by atoms with Crippen molar-refractivity contribution in [3.8, 4) is 0 Å². The summed E-state index contributed by atoms with van der Waals surface area (Å²) in [6, 6.07) is 0. The Hall–Kier alpha value is -1.43. The molecule has 0 aromatic carbocycles. The van der Waals surface area contributed by atoms with Gasteiger partial charge in [-0.15, -0.1) is 0 Å². The van der Waals surface area contributed by atoms with Gasteiger partial charge in [-0.1, -0.05) is 6.58 Å². The zero-order valence-corrected chi connectivity index (χ0v) is 9.72. The first-order valence-corrected chi connectivity index (χ1v) is 5.14. The van der Waals surface area contributed by atoms with Crippen molar-refractivity contribution in [1.29, 1.82) is 0 Å². The molecule has 0 spiro atoms. The average molecular weight is 227 g/mol. The number of nitrogens with one attached hydrogen (secondary N) is 1. The van der Waals surface area contributed by atoms with Crippen LogP contribution in [0.2, 0.25) is 0 Å². The molecule has 0 atom stereocenters. The molecule has 6 heteroatoms. The number of hydrogen-bond donors (Lipinski definition) is 1. The topological polar surface area (TPSA) is 64.1 Å². The maximum atomic E-state index is 11.3. The van der Waals surface area contributed by atoms with Gasteiger partial charge in [0.05, 0.1) is 0 Å². The fourth-order valence-corrected chi connectivity index (χ4v) is 1.32.